The van der Waals surface area contributed by atoms with E-state index in [4.69, 9.17) is 5.73 Å². The van der Waals surface area contributed by atoms with Gasteiger partial charge >= 0.3 is 0 Å². The molecule has 0 saturated carbocycles. The van der Waals surface area contributed by atoms with E-state index in [9.17, 15) is 0 Å². The van der Waals surface area contributed by atoms with Gasteiger partial charge in [0.1, 0.15) is 11.6 Å². The molecule has 13 heavy (non-hydrogen) atoms. The van der Waals surface area contributed by atoms with Gasteiger partial charge in [0.2, 0.25) is 0 Å². The molecule has 1 unspecified atom stereocenters. The van der Waals surface area contributed by atoms with Crippen molar-refractivity contribution in [3.05, 3.63) is 18.2 Å². The molecule has 0 aliphatic carbocycles. The van der Waals surface area contributed by atoms with Crippen molar-refractivity contribution in [3.63, 3.8) is 0 Å². The first-order valence-corrected chi connectivity index (χ1v) is 4.58. The lowest BCUT2D eigenvalue weighted by Crippen LogP contribution is -2.22. The number of nitrogens with two attached hydrogens (primary N) is 1. The van der Waals surface area contributed by atoms with Gasteiger partial charge in [-0.2, -0.15) is 0 Å². The fourth-order valence-electron chi connectivity index (χ4n) is 0.932. The Balaban J connectivity index is 2.64. The molecule has 1 aromatic rings. The van der Waals surface area contributed by atoms with Crippen molar-refractivity contribution >= 4 is 11.6 Å². The predicted octanol–water partition coefficient (Wildman–Crippen LogP) is 2.12. The smallest absolute Gasteiger partial charge is 0.128 e. The van der Waals surface area contributed by atoms with Crippen LogP contribution in [-0.2, 0) is 0 Å². The van der Waals surface area contributed by atoms with Gasteiger partial charge in [0, 0.05) is 6.04 Å². The number of rotatable bonds is 3. The third-order valence-corrected chi connectivity index (χ3v) is 2.15. The topological polar surface area (TPSA) is 50.9 Å². The molecule has 0 aliphatic rings. The molecule has 72 valence electrons. The van der Waals surface area contributed by atoms with Crippen molar-refractivity contribution in [2.75, 3.05) is 11.1 Å². The first kappa shape index (κ1) is 9.84. The number of aromatic nitrogens is 1. The van der Waals surface area contributed by atoms with Crippen LogP contribution >= 0.6 is 0 Å². The van der Waals surface area contributed by atoms with Crippen LogP contribution < -0.4 is 11.1 Å². The standard InChI is InChI=1S/C10H17N3/c1-7(2)8(3)12-10-6-4-5-9(11)13-10/h4-8H,1-3H3,(H3,11,12,13). The number of nitrogen functional groups attached to an aromatic ring is 1. The zero-order valence-electron chi connectivity index (χ0n) is 8.41. The lowest BCUT2D eigenvalue weighted by molar-refractivity contribution is 0.558. The van der Waals surface area contributed by atoms with Gasteiger partial charge in [-0.25, -0.2) is 4.98 Å². The predicted molar refractivity (Wildman–Crippen MR) is 56.6 cm³/mol. The van der Waals surface area contributed by atoms with E-state index in [-0.39, 0.29) is 0 Å². The van der Waals surface area contributed by atoms with Gasteiger partial charge in [-0.15, -0.1) is 0 Å². The van der Waals surface area contributed by atoms with Crippen molar-refractivity contribution in [2.24, 2.45) is 5.92 Å². The molecule has 1 heterocycles. The lowest BCUT2D eigenvalue weighted by atomic mass is 10.1. The van der Waals surface area contributed by atoms with Gasteiger partial charge in [0.05, 0.1) is 0 Å². The number of hydrogen-bond acceptors (Lipinski definition) is 3. The van der Waals surface area contributed by atoms with Gasteiger partial charge < -0.3 is 11.1 Å². The van der Waals surface area contributed by atoms with E-state index >= 15 is 0 Å². The molecule has 1 atom stereocenters. The highest BCUT2D eigenvalue weighted by Crippen LogP contribution is 2.10. The first-order chi connectivity index (χ1) is 6.09. The second-order valence-electron chi connectivity index (χ2n) is 3.62. The number of nitrogens with zero attached hydrogens (tertiary/aromatic N) is 1. The summed E-state index contributed by atoms with van der Waals surface area (Å²) in [7, 11) is 0. The summed E-state index contributed by atoms with van der Waals surface area (Å²) in [5.74, 6) is 1.99. The maximum Gasteiger partial charge on any atom is 0.128 e. The SMILES string of the molecule is CC(C)C(C)Nc1cccc(N)n1. The summed E-state index contributed by atoms with van der Waals surface area (Å²) >= 11 is 0. The molecule has 0 aromatic carbocycles. The molecular formula is C10H17N3. The Morgan fingerprint density at radius 1 is 1.31 bits per heavy atom. The van der Waals surface area contributed by atoms with Crippen LogP contribution in [0.15, 0.2) is 18.2 Å². The summed E-state index contributed by atoms with van der Waals surface area (Å²) < 4.78 is 0. The summed E-state index contributed by atoms with van der Waals surface area (Å²) in [5.41, 5.74) is 5.56. The fourth-order valence-corrected chi connectivity index (χ4v) is 0.932. The zero-order chi connectivity index (χ0) is 9.84. The van der Waals surface area contributed by atoms with Crippen LogP contribution in [0, 0.1) is 5.92 Å². The maximum atomic E-state index is 5.56. The monoisotopic (exact) mass is 179 g/mol. The molecular weight excluding hydrogens is 162 g/mol. The third kappa shape index (κ3) is 2.93. The third-order valence-electron chi connectivity index (χ3n) is 2.15. The average Bonchev–Trinajstić information content (AvgIpc) is 2.04. The molecule has 0 bridgehead atoms. The van der Waals surface area contributed by atoms with Crippen LogP contribution in [0.2, 0.25) is 0 Å². The van der Waals surface area contributed by atoms with Crippen LogP contribution in [0.1, 0.15) is 20.8 Å². The van der Waals surface area contributed by atoms with E-state index in [1.54, 1.807) is 6.07 Å². The first-order valence-electron chi connectivity index (χ1n) is 4.58. The maximum absolute atomic E-state index is 5.56. The van der Waals surface area contributed by atoms with E-state index in [1.165, 1.54) is 0 Å². The fraction of sp³-hybridized carbons (Fsp3) is 0.500. The molecule has 0 radical (unpaired) electrons. The number of nitrogens with one attached hydrogen (secondary N) is 1. The van der Waals surface area contributed by atoms with E-state index in [2.05, 4.69) is 31.1 Å². The van der Waals surface area contributed by atoms with E-state index < -0.39 is 0 Å². The van der Waals surface area contributed by atoms with Gasteiger partial charge in [0.25, 0.3) is 0 Å². The van der Waals surface area contributed by atoms with E-state index in [1.807, 2.05) is 12.1 Å². The van der Waals surface area contributed by atoms with Crippen LogP contribution in [0.5, 0.6) is 0 Å². The number of pyridine rings is 1. The van der Waals surface area contributed by atoms with Crippen molar-refractivity contribution in [1.82, 2.24) is 4.98 Å². The van der Waals surface area contributed by atoms with Crippen molar-refractivity contribution < 1.29 is 0 Å². The largest absolute Gasteiger partial charge is 0.384 e. The molecule has 1 rings (SSSR count). The average molecular weight is 179 g/mol. The number of hydrogen-bond donors (Lipinski definition) is 2. The van der Waals surface area contributed by atoms with Crippen LogP contribution in [0.4, 0.5) is 11.6 Å². The highest BCUT2D eigenvalue weighted by molar-refractivity contribution is 5.42. The lowest BCUT2D eigenvalue weighted by Gasteiger charge is -2.17. The van der Waals surface area contributed by atoms with Gasteiger partial charge in [-0.3, -0.25) is 0 Å². The summed E-state index contributed by atoms with van der Waals surface area (Å²) in [4.78, 5) is 4.16. The van der Waals surface area contributed by atoms with Gasteiger partial charge in [-0.05, 0) is 25.0 Å². The van der Waals surface area contributed by atoms with Gasteiger partial charge in [-0.1, -0.05) is 19.9 Å². The van der Waals surface area contributed by atoms with Crippen LogP contribution in [-0.4, -0.2) is 11.0 Å². The summed E-state index contributed by atoms with van der Waals surface area (Å²) in [6.45, 7) is 6.48. The van der Waals surface area contributed by atoms with E-state index in [0.717, 1.165) is 5.82 Å². The molecule has 0 aliphatic heterocycles. The Morgan fingerprint density at radius 2 is 2.00 bits per heavy atom. The summed E-state index contributed by atoms with van der Waals surface area (Å²) in [6, 6.07) is 6.02. The molecule has 3 nitrogen and oxygen atoms in total. The molecule has 0 amide bonds. The highest BCUT2D eigenvalue weighted by atomic mass is 15.0. The second-order valence-corrected chi connectivity index (χ2v) is 3.62. The van der Waals surface area contributed by atoms with E-state index in [0.29, 0.717) is 17.8 Å². The highest BCUT2D eigenvalue weighted by Gasteiger charge is 2.06. The Kier molecular flexibility index (Phi) is 3.12. The molecule has 3 heteroatoms. The zero-order valence-corrected chi connectivity index (χ0v) is 8.41. The Morgan fingerprint density at radius 3 is 2.54 bits per heavy atom. The Bertz CT molecular complexity index is 271. The molecule has 0 fully saturated rings. The summed E-state index contributed by atoms with van der Waals surface area (Å²) in [6.07, 6.45) is 0. The van der Waals surface area contributed by atoms with Crippen LogP contribution in [0.25, 0.3) is 0 Å². The number of anilines is 2. The Hall–Kier alpha value is -1.25. The minimum absolute atomic E-state index is 0.411. The van der Waals surface area contributed by atoms with Crippen molar-refractivity contribution in [2.45, 2.75) is 26.8 Å². The molecule has 3 N–H and O–H groups in total. The summed E-state index contributed by atoms with van der Waals surface area (Å²) in [5, 5.41) is 3.29. The van der Waals surface area contributed by atoms with Crippen LogP contribution in [0.3, 0.4) is 0 Å². The van der Waals surface area contributed by atoms with Crippen molar-refractivity contribution in [1.29, 1.82) is 0 Å². The minimum atomic E-state index is 0.411. The van der Waals surface area contributed by atoms with Gasteiger partial charge in [0.15, 0.2) is 0 Å². The normalized spacial score (nSPS) is 12.9. The van der Waals surface area contributed by atoms with Crippen molar-refractivity contribution in [3.8, 4) is 0 Å². The minimum Gasteiger partial charge on any atom is -0.384 e. The second kappa shape index (κ2) is 4.12. The molecule has 0 spiro atoms. The quantitative estimate of drug-likeness (QED) is 0.747. The molecule has 1 aromatic heterocycles. The Labute approximate surface area is 79.4 Å². The molecule has 0 saturated heterocycles.